The third-order valence-electron chi connectivity index (χ3n) is 8.70. The monoisotopic (exact) mass is 559 g/mol. The highest BCUT2D eigenvalue weighted by Crippen LogP contribution is 2.33. The lowest BCUT2D eigenvalue weighted by atomic mass is 9.86. The first-order chi connectivity index (χ1) is 19.6. The fourth-order valence-corrected chi connectivity index (χ4v) is 5.87. The Morgan fingerprint density at radius 3 is 2.15 bits per heavy atom. The Bertz CT molecular complexity index is 1260. The van der Waals surface area contributed by atoms with E-state index >= 15 is 0 Å². The lowest BCUT2D eigenvalue weighted by molar-refractivity contribution is -0.132. The first-order valence-electron chi connectivity index (χ1n) is 15.2. The minimum absolute atomic E-state index is 0.00515. The van der Waals surface area contributed by atoms with E-state index in [1.807, 2.05) is 41.3 Å². The number of hydrogen-bond acceptors (Lipinski definition) is 5. The SMILES string of the molecule is CC(C)(C)c1ccc(C(=O)Nc2cc(C(=O)NC3CCC(N)CC3)ccc2N2CCCN(C(=O)C3CC3)CC2)cc1. The van der Waals surface area contributed by atoms with Crippen molar-refractivity contribution in [2.45, 2.75) is 83.2 Å². The fourth-order valence-electron chi connectivity index (χ4n) is 5.87. The average molecular weight is 560 g/mol. The van der Waals surface area contributed by atoms with Crippen LogP contribution in [0.1, 0.15) is 92.0 Å². The van der Waals surface area contributed by atoms with Crippen molar-refractivity contribution in [3.63, 3.8) is 0 Å². The minimum atomic E-state index is -0.217. The Morgan fingerprint density at radius 2 is 1.49 bits per heavy atom. The molecule has 8 heteroatoms. The molecule has 3 amide bonds. The van der Waals surface area contributed by atoms with Gasteiger partial charge in [0.25, 0.3) is 11.8 Å². The van der Waals surface area contributed by atoms with Crippen LogP contribution in [0.2, 0.25) is 0 Å². The second-order valence-electron chi connectivity index (χ2n) is 13.0. The third-order valence-corrected chi connectivity index (χ3v) is 8.70. The molecule has 2 aromatic carbocycles. The fraction of sp³-hybridized carbons (Fsp3) is 0.545. The number of rotatable bonds is 6. The van der Waals surface area contributed by atoms with E-state index in [1.165, 1.54) is 0 Å². The number of benzene rings is 2. The molecule has 1 saturated heterocycles. The van der Waals surface area contributed by atoms with E-state index in [0.29, 0.717) is 29.9 Å². The highest BCUT2D eigenvalue weighted by atomic mass is 16.2. The van der Waals surface area contributed by atoms with Crippen LogP contribution in [0.4, 0.5) is 11.4 Å². The van der Waals surface area contributed by atoms with Crippen LogP contribution in [0.25, 0.3) is 0 Å². The van der Waals surface area contributed by atoms with Crippen LogP contribution >= 0.6 is 0 Å². The van der Waals surface area contributed by atoms with Gasteiger partial charge in [-0.2, -0.15) is 0 Å². The van der Waals surface area contributed by atoms with Crippen LogP contribution in [-0.2, 0) is 10.2 Å². The molecule has 0 unspecified atom stereocenters. The van der Waals surface area contributed by atoms with Crippen LogP contribution in [0.3, 0.4) is 0 Å². The molecule has 2 aliphatic carbocycles. The molecule has 0 bridgehead atoms. The minimum Gasteiger partial charge on any atom is -0.368 e. The standard InChI is InChI=1S/C33H45N5O3/c1-33(2,3)25-10-7-22(8-11-25)30(39)36-28-21-24(31(40)35-27-14-12-26(34)13-15-27)9-16-29(28)37-17-4-18-38(20-19-37)32(41)23-5-6-23/h7-11,16,21,23,26-27H,4-6,12-15,17-20,34H2,1-3H3,(H,35,40)(H,36,39). The summed E-state index contributed by atoms with van der Waals surface area (Å²) in [6, 6.07) is 13.6. The Labute approximate surface area is 244 Å². The molecule has 41 heavy (non-hydrogen) atoms. The molecule has 4 N–H and O–H groups in total. The molecule has 0 radical (unpaired) electrons. The summed E-state index contributed by atoms with van der Waals surface area (Å²) >= 11 is 0. The van der Waals surface area contributed by atoms with Gasteiger partial charge in [-0.05, 0) is 86.3 Å². The van der Waals surface area contributed by atoms with Crippen LogP contribution in [0.5, 0.6) is 0 Å². The quantitative estimate of drug-likeness (QED) is 0.476. The molecule has 1 aliphatic heterocycles. The molecule has 2 aromatic rings. The summed E-state index contributed by atoms with van der Waals surface area (Å²) in [5.41, 5.74) is 9.75. The number of amides is 3. The lowest BCUT2D eigenvalue weighted by Crippen LogP contribution is -2.40. The van der Waals surface area contributed by atoms with Gasteiger partial charge in [-0.15, -0.1) is 0 Å². The van der Waals surface area contributed by atoms with Crippen molar-refractivity contribution in [3.05, 3.63) is 59.2 Å². The lowest BCUT2D eigenvalue weighted by Gasteiger charge is -2.28. The van der Waals surface area contributed by atoms with Crippen molar-refractivity contribution in [2.75, 3.05) is 36.4 Å². The summed E-state index contributed by atoms with van der Waals surface area (Å²) in [5.74, 6) is 0.124. The summed E-state index contributed by atoms with van der Waals surface area (Å²) in [5, 5.41) is 6.28. The molecule has 0 aromatic heterocycles. The molecule has 1 heterocycles. The largest absolute Gasteiger partial charge is 0.368 e. The molecule has 2 saturated carbocycles. The number of carbonyl (C=O) groups is 3. The summed E-state index contributed by atoms with van der Waals surface area (Å²) in [4.78, 5) is 43.6. The van der Waals surface area contributed by atoms with Gasteiger partial charge in [0.1, 0.15) is 0 Å². The highest BCUT2D eigenvalue weighted by Gasteiger charge is 2.34. The van der Waals surface area contributed by atoms with Gasteiger partial charge in [-0.25, -0.2) is 0 Å². The van der Waals surface area contributed by atoms with E-state index in [0.717, 1.165) is 69.3 Å². The van der Waals surface area contributed by atoms with E-state index in [4.69, 9.17) is 5.73 Å². The number of carbonyl (C=O) groups excluding carboxylic acids is 3. The maximum absolute atomic E-state index is 13.4. The van der Waals surface area contributed by atoms with Crippen LogP contribution < -0.4 is 21.3 Å². The molecule has 3 aliphatic rings. The van der Waals surface area contributed by atoms with Gasteiger partial charge in [0.15, 0.2) is 0 Å². The first-order valence-corrected chi connectivity index (χ1v) is 15.2. The van der Waals surface area contributed by atoms with Crippen LogP contribution in [0, 0.1) is 5.92 Å². The van der Waals surface area contributed by atoms with E-state index in [1.54, 1.807) is 6.07 Å². The molecular weight excluding hydrogens is 514 g/mol. The number of nitrogens with two attached hydrogens (primary N) is 1. The van der Waals surface area contributed by atoms with E-state index < -0.39 is 0 Å². The Morgan fingerprint density at radius 1 is 0.805 bits per heavy atom. The smallest absolute Gasteiger partial charge is 0.255 e. The Hall–Kier alpha value is -3.39. The maximum atomic E-state index is 13.4. The van der Waals surface area contributed by atoms with Crippen molar-refractivity contribution in [2.24, 2.45) is 11.7 Å². The molecule has 0 spiro atoms. The zero-order chi connectivity index (χ0) is 29.1. The van der Waals surface area contributed by atoms with Crippen molar-refractivity contribution in [1.82, 2.24) is 10.2 Å². The first kappa shape index (κ1) is 29.1. The summed E-state index contributed by atoms with van der Waals surface area (Å²) in [6.07, 6.45) is 6.44. The number of anilines is 2. The van der Waals surface area contributed by atoms with Gasteiger partial charge in [0.05, 0.1) is 11.4 Å². The van der Waals surface area contributed by atoms with Gasteiger partial charge >= 0.3 is 0 Å². The van der Waals surface area contributed by atoms with Crippen molar-refractivity contribution in [3.8, 4) is 0 Å². The molecule has 3 fully saturated rings. The normalized spacial score (nSPS) is 21.7. The Balaban J connectivity index is 1.36. The summed E-state index contributed by atoms with van der Waals surface area (Å²) in [7, 11) is 0. The van der Waals surface area contributed by atoms with E-state index in [-0.39, 0.29) is 41.1 Å². The van der Waals surface area contributed by atoms with Gasteiger partial charge in [0, 0.05) is 55.3 Å². The highest BCUT2D eigenvalue weighted by molar-refractivity contribution is 6.07. The molecule has 220 valence electrons. The van der Waals surface area contributed by atoms with Crippen LogP contribution in [0.15, 0.2) is 42.5 Å². The molecule has 0 atom stereocenters. The zero-order valence-corrected chi connectivity index (χ0v) is 24.7. The number of nitrogens with one attached hydrogen (secondary N) is 2. The van der Waals surface area contributed by atoms with Gasteiger partial charge < -0.3 is 26.2 Å². The molecule has 8 nitrogen and oxygen atoms in total. The maximum Gasteiger partial charge on any atom is 0.255 e. The topological polar surface area (TPSA) is 108 Å². The third kappa shape index (κ3) is 7.28. The van der Waals surface area contributed by atoms with Gasteiger partial charge in [-0.1, -0.05) is 32.9 Å². The number of hydrogen-bond donors (Lipinski definition) is 3. The predicted octanol–water partition coefficient (Wildman–Crippen LogP) is 4.68. The zero-order valence-electron chi connectivity index (χ0n) is 24.7. The van der Waals surface area contributed by atoms with E-state index in [9.17, 15) is 14.4 Å². The molecule has 5 rings (SSSR count). The average Bonchev–Trinajstić information content (AvgIpc) is 3.81. The van der Waals surface area contributed by atoms with Gasteiger partial charge in [0.2, 0.25) is 5.91 Å². The van der Waals surface area contributed by atoms with Crippen molar-refractivity contribution >= 4 is 29.1 Å². The van der Waals surface area contributed by atoms with Gasteiger partial charge in [-0.3, -0.25) is 14.4 Å². The second kappa shape index (κ2) is 12.2. The predicted molar refractivity (Wildman–Crippen MR) is 163 cm³/mol. The second-order valence-corrected chi connectivity index (χ2v) is 13.0. The Kier molecular flexibility index (Phi) is 8.68. The van der Waals surface area contributed by atoms with Crippen molar-refractivity contribution < 1.29 is 14.4 Å². The summed E-state index contributed by atoms with van der Waals surface area (Å²) in [6.45, 7) is 9.29. The number of nitrogens with zero attached hydrogens (tertiary/aromatic N) is 2. The molecular formula is C33H45N5O3. The van der Waals surface area contributed by atoms with E-state index in [2.05, 4.69) is 36.3 Å². The summed E-state index contributed by atoms with van der Waals surface area (Å²) < 4.78 is 0. The van der Waals surface area contributed by atoms with Crippen LogP contribution in [-0.4, -0.2) is 60.9 Å². The van der Waals surface area contributed by atoms with Crippen molar-refractivity contribution in [1.29, 1.82) is 0 Å².